The summed E-state index contributed by atoms with van der Waals surface area (Å²) in [6.07, 6.45) is -1.09. The van der Waals surface area contributed by atoms with Crippen LogP contribution in [0.15, 0.2) is 29.6 Å². The second-order valence-corrected chi connectivity index (χ2v) is 7.56. The van der Waals surface area contributed by atoms with Crippen molar-refractivity contribution in [2.45, 2.75) is 9.90 Å². The molecule has 16 heavy (non-hydrogen) atoms. The summed E-state index contributed by atoms with van der Waals surface area (Å²) < 4.78 is -1.68. The molecule has 1 nitrogen and oxygen atoms in total. The fourth-order valence-electron chi connectivity index (χ4n) is 1.21. The molecular weight excluding hydrogens is 307 g/mol. The SMILES string of the molecule is OC(c1ccc(-c2cccs2)s1)C(Cl)(Cl)Cl. The molecule has 0 aliphatic rings. The molecule has 2 aromatic rings. The molecule has 0 spiro atoms. The van der Waals surface area contributed by atoms with Gasteiger partial charge in [0.25, 0.3) is 0 Å². The van der Waals surface area contributed by atoms with Gasteiger partial charge in [0.1, 0.15) is 6.10 Å². The standard InChI is InChI=1S/C10H7Cl3OS2/c11-10(12,13)9(14)8-4-3-7(16-8)6-2-1-5-15-6/h1-5,9,14H. The summed E-state index contributed by atoms with van der Waals surface area (Å²) in [5, 5.41) is 11.8. The van der Waals surface area contributed by atoms with Gasteiger partial charge >= 0.3 is 0 Å². The zero-order valence-electron chi connectivity index (χ0n) is 7.86. The van der Waals surface area contributed by atoms with E-state index in [1.165, 1.54) is 11.3 Å². The maximum atomic E-state index is 9.79. The molecule has 2 heterocycles. The van der Waals surface area contributed by atoms with Crippen LogP contribution >= 0.6 is 57.5 Å². The van der Waals surface area contributed by atoms with Gasteiger partial charge in [0, 0.05) is 14.6 Å². The monoisotopic (exact) mass is 312 g/mol. The number of hydrogen-bond donors (Lipinski definition) is 1. The average Bonchev–Trinajstić information content (AvgIpc) is 2.85. The molecule has 0 aliphatic heterocycles. The van der Waals surface area contributed by atoms with E-state index in [1.54, 1.807) is 17.4 Å². The van der Waals surface area contributed by atoms with Crippen LogP contribution in [-0.4, -0.2) is 8.90 Å². The quantitative estimate of drug-likeness (QED) is 0.783. The molecule has 0 saturated heterocycles. The maximum absolute atomic E-state index is 9.79. The lowest BCUT2D eigenvalue weighted by molar-refractivity contribution is 0.186. The van der Waals surface area contributed by atoms with E-state index in [2.05, 4.69) is 0 Å². The summed E-state index contributed by atoms with van der Waals surface area (Å²) in [6, 6.07) is 7.70. The highest BCUT2D eigenvalue weighted by molar-refractivity contribution is 7.21. The highest BCUT2D eigenvalue weighted by Gasteiger charge is 2.33. The molecule has 2 aromatic heterocycles. The Kier molecular flexibility index (Phi) is 3.84. The minimum Gasteiger partial charge on any atom is -0.383 e. The van der Waals surface area contributed by atoms with Gasteiger partial charge in [0.05, 0.1) is 0 Å². The molecule has 6 heteroatoms. The second-order valence-electron chi connectivity index (χ2n) is 3.12. The molecule has 0 radical (unpaired) electrons. The van der Waals surface area contributed by atoms with Crippen molar-refractivity contribution in [2.75, 3.05) is 0 Å². The first-order valence-corrected chi connectivity index (χ1v) is 7.20. The van der Waals surface area contributed by atoms with Crippen LogP contribution in [0, 0.1) is 0 Å². The van der Waals surface area contributed by atoms with Crippen LogP contribution in [0.25, 0.3) is 9.75 Å². The van der Waals surface area contributed by atoms with E-state index >= 15 is 0 Å². The summed E-state index contributed by atoms with van der Waals surface area (Å²) in [5.74, 6) is 0. The Hall–Kier alpha value is 0.230. The van der Waals surface area contributed by atoms with E-state index in [1.807, 2.05) is 23.6 Å². The molecule has 0 fully saturated rings. The normalized spacial score (nSPS) is 14.0. The number of hydrogen-bond acceptors (Lipinski definition) is 3. The molecule has 1 atom stereocenters. The van der Waals surface area contributed by atoms with Crippen LogP contribution in [0.5, 0.6) is 0 Å². The van der Waals surface area contributed by atoms with Crippen molar-refractivity contribution in [1.29, 1.82) is 0 Å². The Labute approximate surface area is 116 Å². The lowest BCUT2D eigenvalue weighted by Gasteiger charge is -2.16. The van der Waals surface area contributed by atoms with Crippen LogP contribution in [0.2, 0.25) is 0 Å². The Bertz CT molecular complexity index is 459. The molecule has 0 saturated carbocycles. The number of thiophene rings is 2. The van der Waals surface area contributed by atoms with Crippen molar-refractivity contribution < 1.29 is 5.11 Å². The van der Waals surface area contributed by atoms with Crippen molar-refractivity contribution in [3.63, 3.8) is 0 Å². The first kappa shape index (κ1) is 12.7. The molecular formula is C10H7Cl3OS2. The third kappa shape index (κ3) is 2.73. The molecule has 1 N–H and O–H groups in total. The molecule has 2 rings (SSSR count). The predicted octanol–water partition coefficient (Wildman–Crippen LogP) is 4.88. The van der Waals surface area contributed by atoms with Crippen molar-refractivity contribution in [3.8, 4) is 9.75 Å². The lowest BCUT2D eigenvalue weighted by Crippen LogP contribution is -2.14. The Morgan fingerprint density at radius 2 is 1.88 bits per heavy atom. The van der Waals surface area contributed by atoms with Crippen LogP contribution < -0.4 is 0 Å². The van der Waals surface area contributed by atoms with Gasteiger partial charge in [-0.15, -0.1) is 22.7 Å². The highest BCUT2D eigenvalue weighted by Crippen LogP contribution is 2.43. The summed E-state index contributed by atoms with van der Waals surface area (Å²) >= 11 is 20.0. The van der Waals surface area contributed by atoms with Gasteiger partial charge in [-0.25, -0.2) is 0 Å². The lowest BCUT2D eigenvalue weighted by atomic mass is 10.3. The molecule has 0 bridgehead atoms. The van der Waals surface area contributed by atoms with E-state index in [0.29, 0.717) is 4.88 Å². The first-order valence-electron chi connectivity index (χ1n) is 4.37. The average molecular weight is 314 g/mol. The summed E-state index contributed by atoms with van der Waals surface area (Å²) in [5.41, 5.74) is 0. The smallest absolute Gasteiger partial charge is 0.220 e. The van der Waals surface area contributed by atoms with E-state index in [9.17, 15) is 5.11 Å². The molecule has 0 amide bonds. The van der Waals surface area contributed by atoms with Crippen molar-refractivity contribution in [3.05, 3.63) is 34.5 Å². The van der Waals surface area contributed by atoms with E-state index in [-0.39, 0.29) is 0 Å². The number of aliphatic hydroxyl groups is 1. The van der Waals surface area contributed by atoms with Gasteiger partial charge in [-0.3, -0.25) is 0 Å². The van der Waals surface area contributed by atoms with Gasteiger partial charge in [-0.2, -0.15) is 0 Å². The second kappa shape index (κ2) is 4.84. The van der Waals surface area contributed by atoms with Crippen molar-refractivity contribution in [1.82, 2.24) is 0 Å². The fraction of sp³-hybridized carbons (Fsp3) is 0.200. The zero-order chi connectivity index (χ0) is 11.8. The molecule has 0 aliphatic carbocycles. The number of halogens is 3. The third-order valence-corrected chi connectivity index (χ3v) is 4.79. The van der Waals surface area contributed by atoms with Crippen LogP contribution in [-0.2, 0) is 0 Å². The summed E-state index contributed by atoms with van der Waals surface area (Å²) in [4.78, 5) is 2.87. The minimum atomic E-state index is -1.68. The Morgan fingerprint density at radius 1 is 1.12 bits per heavy atom. The molecule has 0 aromatic carbocycles. The van der Waals surface area contributed by atoms with Crippen LogP contribution in [0.3, 0.4) is 0 Å². The van der Waals surface area contributed by atoms with Crippen LogP contribution in [0.4, 0.5) is 0 Å². The molecule has 86 valence electrons. The van der Waals surface area contributed by atoms with Gasteiger partial charge in [0.2, 0.25) is 3.79 Å². The minimum absolute atomic E-state index is 0.656. The van der Waals surface area contributed by atoms with Gasteiger partial charge in [-0.05, 0) is 23.6 Å². The number of rotatable bonds is 2. The van der Waals surface area contributed by atoms with Gasteiger partial charge < -0.3 is 5.11 Å². The van der Waals surface area contributed by atoms with Gasteiger partial charge in [-0.1, -0.05) is 40.9 Å². The van der Waals surface area contributed by atoms with E-state index in [0.717, 1.165) is 9.75 Å². The predicted molar refractivity (Wildman–Crippen MR) is 72.9 cm³/mol. The van der Waals surface area contributed by atoms with Crippen LogP contribution in [0.1, 0.15) is 11.0 Å². The third-order valence-electron chi connectivity index (χ3n) is 1.97. The Balaban J connectivity index is 2.27. The number of aliphatic hydroxyl groups excluding tert-OH is 1. The largest absolute Gasteiger partial charge is 0.383 e. The fourth-order valence-corrected chi connectivity index (χ4v) is 3.66. The summed E-state index contributed by atoms with van der Waals surface area (Å²) in [6.45, 7) is 0. The molecule has 1 unspecified atom stereocenters. The number of alkyl halides is 3. The van der Waals surface area contributed by atoms with E-state index in [4.69, 9.17) is 34.8 Å². The highest BCUT2D eigenvalue weighted by atomic mass is 35.6. The topological polar surface area (TPSA) is 20.2 Å². The summed E-state index contributed by atoms with van der Waals surface area (Å²) in [7, 11) is 0. The Morgan fingerprint density at radius 3 is 2.44 bits per heavy atom. The van der Waals surface area contributed by atoms with Gasteiger partial charge in [0.15, 0.2) is 0 Å². The first-order chi connectivity index (χ1) is 7.48. The van der Waals surface area contributed by atoms with E-state index < -0.39 is 9.90 Å². The van der Waals surface area contributed by atoms with Crippen molar-refractivity contribution >= 4 is 57.5 Å². The maximum Gasteiger partial charge on any atom is 0.220 e. The zero-order valence-corrected chi connectivity index (χ0v) is 11.8. The van der Waals surface area contributed by atoms with Crippen molar-refractivity contribution in [2.24, 2.45) is 0 Å².